The minimum absolute atomic E-state index is 0.0932. The Bertz CT molecular complexity index is 741. The number of carbonyl (C=O) groups is 2. The zero-order valence-electron chi connectivity index (χ0n) is 14.6. The molecule has 1 aliphatic carbocycles. The second kappa shape index (κ2) is 5.08. The van der Waals surface area contributed by atoms with E-state index in [9.17, 15) is 14.7 Å². The highest BCUT2D eigenvalue weighted by molar-refractivity contribution is 5.84. The normalized spacial score (nSPS) is 34.5. The number of hydrogen-bond acceptors (Lipinski definition) is 2. The van der Waals surface area contributed by atoms with E-state index in [0.29, 0.717) is 6.42 Å². The smallest absolute Gasteiger partial charge is 0.307 e. The highest BCUT2D eigenvalue weighted by Crippen LogP contribution is 2.60. The van der Waals surface area contributed by atoms with Crippen LogP contribution < -0.4 is 0 Å². The van der Waals surface area contributed by atoms with Gasteiger partial charge in [-0.2, -0.15) is 0 Å². The first kappa shape index (κ1) is 15.7. The number of aliphatic carboxylic acids is 1. The molecular formula is C20H25NO3. The summed E-state index contributed by atoms with van der Waals surface area (Å²) in [4.78, 5) is 26.7. The average Bonchev–Trinajstić information content (AvgIpc) is 2.86. The maximum absolute atomic E-state index is 12.7. The van der Waals surface area contributed by atoms with Crippen LogP contribution in [0, 0.1) is 31.6 Å². The lowest BCUT2D eigenvalue weighted by Gasteiger charge is -2.39. The van der Waals surface area contributed by atoms with E-state index >= 15 is 0 Å². The van der Waals surface area contributed by atoms with Crippen molar-refractivity contribution in [1.29, 1.82) is 0 Å². The summed E-state index contributed by atoms with van der Waals surface area (Å²) in [7, 11) is 0. The van der Waals surface area contributed by atoms with E-state index in [4.69, 9.17) is 0 Å². The number of benzene rings is 1. The maximum Gasteiger partial charge on any atom is 0.307 e. The van der Waals surface area contributed by atoms with Crippen molar-refractivity contribution < 1.29 is 14.7 Å². The average molecular weight is 327 g/mol. The van der Waals surface area contributed by atoms with Crippen molar-refractivity contribution in [3.8, 4) is 0 Å². The Hall–Kier alpha value is -1.84. The summed E-state index contributed by atoms with van der Waals surface area (Å²) in [5.41, 5.74) is 4.66. The van der Waals surface area contributed by atoms with Crippen molar-refractivity contribution >= 4 is 11.9 Å². The molecule has 1 unspecified atom stereocenters. The van der Waals surface area contributed by atoms with E-state index in [2.05, 4.69) is 26.0 Å². The van der Waals surface area contributed by atoms with Gasteiger partial charge in [-0.3, -0.25) is 9.59 Å². The second-order valence-corrected chi connectivity index (χ2v) is 8.02. The van der Waals surface area contributed by atoms with E-state index in [1.54, 1.807) is 0 Å². The maximum atomic E-state index is 12.7. The fourth-order valence-electron chi connectivity index (χ4n) is 5.70. The fraction of sp³-hybridized carbons (Fsp3) is 0.600. The van der Waals surface area contributed by atoms with E-state index in [1.165, 1.54) is 22.3 Å². The third-order valence-electron chi connectivity index (χ3n) is 6.77. The quantitative estimate of drug-likeness (QED) is 0.862. The van der Waals surface area contributed by atoms with Crippen LogP contribution in [0.4, 0.5) is 0 Å². The topological polar surface area (TPSA) is 57.6 Å². The highest BCUT2D eigenvalue weighted by Gasteiger charge is 2.64. The standard InChI is InChI=1S/C20H25NO3/c1-11-7-14-5-4-6-21-17(22)9-16-18(19(23)24)13(3)10-20(16,21)15(14)8-12(11)2/h7-8,13,16,18H,4-6,9-10H2,1-3H3,(H,23,24)/t13-,16-,18+,20?/m0/s1. The Balaban J connectivity index is 1.97. The van der Waals surface area contributed by atoms with Crippen molar-refractivity contribution in [3.63, 3.8) is 0 Å². The SMILES string of the molecule is Cc1cc2c(cc1C)C13C[C@H](C)[C@@H](C(=O)O)[C@@H]1CC(=O)N3CCC2. The number of carbonyl (C=O) groups excluding carboxylic acids is 1. The summed E-state index contributed by atoms with van der Waals surface area (Å²) in [6, 6.07) is 4.51. The van der Waals surface area contributed by atoms with E-state index < -0.39 is 17.4 Å². The lowest BCUT2D eigenvalue weighted by Crippen LogP contribution is -2.45. The van der Waals surface area contributed by atoms with Gasteiger partial charge in [0, 0.05) is 18.9 Å². The monoisotopic (exact) mass is 327 g/mol. The van der Waals surface area contributed by atoms with Crippen molar-refractivity contribution in [1.82, 2.24) is 4.90 Å². The van der Waals surface area contributed by atoms with Crippen LogP contribution in [0.3, 0.4) is 0 Å². The number of rotatable bonds is 1. The number of aryl methyl sites for hydroxylation is 3. The first-order valence-electron chi connectivity index (χ1n) is 9.00. The van der Waals surface area contributed by atoms with Gasteiger partial charge in [0.1, 0.15) is 0 Å². The zero-order valence-corrected chi connectivity index (χ0v) is 14.6. The molecule has 0 bridgehead atoms. The van der Waals surface area contributed by atoms with Gasteiger partial charge in [-0.05, 0) is 61.3 Å². The van der Waals surface area contributed by atoms with Crippen LogP contribution in [-0.4, -0.2) is 28.4 Å². The summed E-state index contributed by atoms with van der Waals surface area (Å²) in [5, 5.41) is 9.79. The van der Waals surface area contributed by atoms with E-state index in [-0.39, 0.29) is 17.7 Å². The largest absolute Gasteiger partial charge is 0.481 e. The predicted octanol–water partition coefficient (Wildman–Crippen LogP) is 3.03. The number of amides is 1. The number of hydrogen-bond donors (Lipinski definition) is 1. The van der Waals surface area contributed by atoms with Crippen LogP contribution in [0.5, 0.6) is 0 Å². The third-order valence-corrected chi connectivity index (χ3v) is 6.77. The Morgan fingerprint density at radius 2 is 2.00 bits per heavy atom. The molecule has 4 rings (SSSR count). The Morgan fingerprint density at radius 3 is 2.71 bits per heavy atom. The molecule has 1 spiro atoms. The number of carboxylic acid groups (broad SMARTS) is 1. The number of carboxylic acids is 1. The summed E-state index contributed by atoms with van der Waals surface area (Å²) in [6.45, 7) is 7.03. The summed E-state index contributed by atoms with van der Waals surface area (Å²) >= 11 is 0. The van der Waals surface area contributed by atoms with Gasteiger partial charge in [-0.15, -0.1) is 0 Å². The van der Waals surface area contributed by atoms with Crippen LogP contribution in [0.15, 0.2) is 12.1 Å². The lowest BCUT2D eigenvalue weighted by molar-refractivity contribution is -0.144. The van der Waals surface area contributed by atoms with Crippen LogP contribution >= 0.6 is 0 Å². The number of nitrogens with zero attached hydrogens (tertiary/aromatic N) is 1. The molecule has 4 heteroatoms. The summed E-state index contributed by atoms with van der Waals surface area (Å²) in [5.74, 6) is -1.03. The van der Waals surface area contributed by atoms with Gasteiger partial charge in [-0.25, -0.2) is 0 Å². The minimum Gasteiger partial charge on any atom is -0.481 e. The Labute approximate surface area is 142 Å². The minimum atomic E-state index is -0.742. The van der Waals surface area contributed by atoms with Gasteiger partial charge in [0.15, 0.2) is 0 Å². The third kappa shape index (κ3) is 1.86. The molecule has 4 nitrogen and oxygen atoms in total. The molecule has 1 aromatic rings. The van der Waals surface area contributed by atoms with Crippen LogP contribution in [0.25, 0.3) is 0 Å². The second-order valence-electron chi connectivity index (χ2n) is 8.02. The molecule has 24 heavy (non-hydrogen) atoms. The van der Waals surface area contributed by atoms with Crippen molar-refractivity contribution in [3.05, 3.63) is 34.4 Å². The molecular weight excluding hydrogens is 302 g/mol. The van der Waals surface area contributed by atoms with E-state index in [0.717, 1.165) is 25.8 Å². The molecule has 2 aliphatic heterocycles. The lowest BCUT2D eigenvalue weighted by atomic mass is 9.76. The molecule has 1 amide bonds. The van der Waals surface area contributed by atoms with Crippen molar-refractivity contribution in [2.75, 3.05) is 6.54 Å². The Morgan fingerprint density at radius 1 is 1.29 bits per heavy atom. The summed E-state index contributed by atoms with van der Waals surface area (Å²) < 4.78 is 0. The Kier molecular flexibility index (Phi) is 3.32. The molecule has 2 fully saturated rings. The van der Waals surface area contributed by atoms with Crippen molar-refractivity contribution in [2.45, 2.75) is 52.0 Å². The van der Waals surface area contributed by atoms with Gasteiger partial charge in [0.25, 0.3) is 0 Å². The first-order chi connectivity index (χ1) is 11.4. The first-order valence-corrected chi connectivity index (χ1v) is 9.00. The fourth-order valence-corrected chi connectivity index (χ4v) is 5.70. The molecule has 2 heterocycles. The molecule has 4 atom stereocenters. The van der Waals surface area contributed by atoms with Gasteiger partial charge < -0.3 is 10.0 Å². The van der Waals surface area contributed by atoms with E-state index in [1.807, 2.05) is 11.8 Å². The molecule has 1 saturated carbocycles. The zero-order chi connectivity index (χ0) is 17.2. The van der Waals surface area contributed by atoms with Gasteiger partial charge in [0.2, 0.25) is 5.91 Å². The van der Waals surface area contributed by atoms with Gasteiger partial charge >= 0.3 is 5.97 Å². The molecule has 128 valence electrons. The highest BCUT2D eigenvalue weighted by atomic mass is 16.4. The molecule has 0 aromatic heterocycles. The van der Waals surface area contributed by atoms with Gasteiger partial charge in [0.05, 0.1) is 11.5 Å². The van der Waals surface area contributed by atoms with Crippen LogP contribution in [0.2, 0.25) is 0 Å². The molecule has 3 aliphatic rings. The molecule has 1 N–H and O–H groups in total. The van der Waals surface area contributed by atoms with Crippen molar-refractivity contribution in [2.24, 2.45) is 17.8 Å². The van der Waals surface area contributed by atoms with Gasteiger partial charge in [-0.1, -0.05) is 19.1 Å². The molecule has 1 saturated heterocycles. The molecule has 1 aromatic carbocycles. The van der Waals surface area contributed by atoms with Crippen LogP contribution in [0.1, 0.15) is 48.4 Å². The van der Waals surface area contributed by atoms with Crippen LogP contribution in [-0.2, 0) is 21.5 Å². The molecule has 0 radical (unpaired) electrons. The predicted molar refractivity (Wildman–Crippen MR) is 90.6 cm³/mol. The number of fused-ring (bicyclic) bond motifs is 1. The summed E-state index contributed by atoms with van der Waals surface area (Å²) in [6.07, 6.45) is 3.09.